The molecule has 9 nitrogen and oxygen atoms in total. The van der Waals surface area contributed by atoms with Gasteiger partial charge < -0.3 is 9.47 Å². The Morgan fingerprint density at radius 3 is 2.38 bits per heavy atom. The van der Waals surface area contributed by atoms with E-state index >= 15 is 0 Å². The van der Waals surface area contributed by atoms with Gasteiger partial charge in [0.15, 0.2) is 26.2 Å². The van der Waals surface area contributed by atoms with E-state index in [4.69, 9.17) is 0 Å². The van der Waals surface area contributed by atoms with Crippen molar-refractivity contribution in [1.29, 1.82) is 0 Å². The molecule has 4 aromatic rings. The van der Waals surface area contributed by atoms with Gasteiger partial charge in [-0.3, -0.25) is 0 Å². The quantitative estimate of drug-likeness (QED) is 0.426. The highest BCUT2D eigenvalue weighted by atomic mass is 32.2. The number of sulfone groups is 1. The molecule has 4 aromatic heterocycles. The Hall–Kier alpha value is -3.22. The van der Waals surface area contributed by atoms with Crippen LogP contribution >= 0.6 is 0 Å². The van der Waals surface area contributed by atoms with Crippen molar-refractivity contribution in [2.75, 3.05) is 17.7 Å². The van der Waals surface area contributed by atoms with E-state index < -0.39 is 21.6 Å². The molecule has 0 N–H and O–H groups in total. The fraction of sp³-hybridized carbons (Fsp3) is 0.429. The number of halogens is 3. The third kappa shape index (κ3) is 3.77. The van der Waals surface area contributed by atoms with Crippen LogP contribution in [0.2, 0.25) is 0 Å². The number of nitrogens with zero attached hydrogens (tertiary/aromatic N) is 7. The first-order chi connectivity index (χ1) is 15.7. The highest BCUT2D eigenvalue weighted by Crippen LogP contribution is 2.36. The van der Waals surface area contributed by atoms with Crippen LogP contribution in [0.1, 0.15) is 33.3 Å². The van der Waals surface area contributed by atoms with E-state index in [1.165, 1.54) is 22.2 Å². The Bertz CT molecular complexity index is 1520. The smallest absolute Gasteiger partial charge is 0.355 e. The van der Waals surface area contributed by atoms with Gasteiger partial charge in [0.2, 0.25) is 0 Å². The molecule has 0 aromatic carbocycles. The second-order valence-electron chi connectivity index (χ2n) is 8.91. The van der Waals surface area contributed by atoms with Crippen LogP contribution in [-0.2, 0) is 23.1 Å². The molecule has 0 aliphatic carbocycles. The van der Waals surface area contributed by atoms with E-state index in [-0.39, 0.29) is 44.5 Å². The third-order valence-corrected chi connectivity index (χ3v) is 7.39. The maximum absolute atomic E-state index is 13.2. The minimum absolute atomic E-state index is 0.0190. The molecule has 0 aliphatic rings. The minimum Gasteiger partial charge on any atom is -0.355 e. The zero-order chi connectivity index (χ0) is 25.2. The number of anilines is 1. The molecule has 0 radical (unpaired) electrons. The molecule has 0 saturated heterocycles. The SMILES string of the molecule is CCS(=O)(=O)c1nn2c(N(C)C(C)(C)C)ccnc2c1-c1nc2cc(C(F)(F)F)cnc2n1C. The van der Waals surface area contributed by atoms with E-state index in [1.54, 1.807) is 13.1 Å². The largest absolute Gasteiger partial charge is 0.417 e. The van der Waals surface area contributed by atoms with Crippen molar-refractivity contribution < 1.29 is 21.6 Å². The average molecular weight is 496 g/mol. The van der Waals surface area contributed by atoms with E-state index in [9.17, 15) is 21.6 Å². The number of imidazole rings is 1. The fourth-order valence-electron chi connectivity index (χ4n) is 3.52. The number of hydrogen-bond donors (Lipinski definition) is 0. The molecule has 182 valence electrons. The standard InChI is InChI=1S/C21H24F3N7O2S/c1-7-34(32,33)19-15(17-25-9-8-14(31(17)28-19)30(6)20(2,3)4)18-27-13-10-12(21(22,23)24)11-26-16(13)29(18)5/h8-11H,7H2,1-6H3. The van der Waals surface area contributed by atoms with Gasteiger partial charge in [0.1, 0.15) is 22.7 Å². The minimum atomic E-state index is -4.59. The maximum Gasteiger partial charge on any atom is 0.417 e. The van der Waals surface area contributed by atoms with Gasteiger partial charge in [0, 0.05) is 32.0 Å². The molecule has 0 amide bonds. The van der Waals surface area contributed by atoms with Crippen molar-refractivity contribution in [3.8, 4) is 11.4 Å². The van der Waals surface area contributed by atoms with Gasteiger partial charge in [0.25, 0.3) is 0 Å². The molecule has 0 fully saturated rings. The summed E-state index contributed by atoms with van der Waals surface area (Å²) < 4.78 is 68.6. The van der Waals surface area contributed by atoms with Crippen LogP contribution < -0.4 is 4.90 Å². The van der Waals surface area contributed by atoms with Gasteiger partial charge in [-0.2, -0.15) is 22.8 Å². The Kier molecular flexibility index (Phi) is 5.38. The summed E-state index contributed by atoms with van der Waals surface area (Å²) in [4.78, 5) is 14.6. The molecule has 34 heavy (non-hydrogen) atoms. The molecule has 0 aliphatic heterocycles. The van der Waals surface area contributed by atoms with E-state index in [1.807, 2.05) is 32.7 Å². The molecule has 13 heteroatoms. The monoisotopic (exact) mass is 495 g/mol. The number of rotatable bonds is 4. The fourth-order valence-corrected chi connectivity index (χ4v) is 4.49. The molecule has 0 atom stereocenters. The predicted octanol–water partition coefficient (Wildman–Crippen LogP) is 3.73. The number of aryl methyl sites for hydroxylation is 1. The van der Waals surface area contributed by atoms with Gasteiger partial charge in [-0.25, -0.2) is 23.4 Å². The van der Waals surface area contributed by atoms with Crippen LogP contribution in [0.15, 0.2) is 29.6 Å². The molecule has 0 unspecified atom stereocenters. The molecular formula is C21H24F3N7O2S. The van der Waals surface area contributed by atoms with Gasteiger partial charge in [-0.15, -0.1) is 0 Å². The normalized spacial score (nSPS) is 13.2. The summed E-state index contributed by atoms with van der Waals surface area (Å²) in [5.74, 6) is 0.467. The molecule has 0 spiro atoms. The number of fused-ring (bicyclic) bond motifs is 2. The van der Waals surface area contributed by atoms with E-state index in [0.717, 1.165) is 12.3 Å². The lowest BCUT2D eigenvalue weighted by molar-refractivity contribution is -0.137. The number of pyridine rings is 1. The Balaban J connectivity index is 2.08. The Morgan fingerprint density at radius 2 is 1.79 bits per heavy atom. The van der Waals surface area contributed by atoms with Crippen molar-refractivity contribution >= 4 is 32.5 Å². The molecule has 0 bridgehead atoms. The van der Waals surface area contributed by atoms with Crippen LogP contribution in [0.3, 0.4) is 0 Å². The van der Waals surface area contributed by atoms with Gasteiger partial charge in [0.05, 0.1) is 11.3 Å². The Morgan fingerprint density at radius 1 is 1.12 bits per heavy atom. The van der Waals surface area contributed by atoms with Gasteiger partial charge in [-0.1, -0.05) is 6.92 Å². The van der Waals surface area contributed by atoms with E-state index in [0.29, 0.717) is 5.82 Å². The number of alkyl halides is 3. The lowest BCUT2D eigenvalue weighted by Gasteiger charge is -2.33. The molecule has 4 heterocycles. The zero-order valence-corrected chi connectivity index (χ0v) is 20.3. The summed E-state index contributed by atoms with van der Waals surface area (Å²) in [6, 6.07) is 2.60. The van der Waals surface area contributed by atoms with Crippen LogP contribution in [-0.4, -0.2) is 55.9 Å². The van der Waals surface area contributed by atoms with Crippen molar-refractivity contribution in [2.24, 2.45) is 7.05 Å². The lowest BCUT2D eigenvalue weighted by Crippen LogP contribution is -2.39. The van der Waals surface area contributed by atoms with Gasteiger partial charge in [-0.05, 0) is 32.9 Å². The summed E-state index contributed by atoms with van der Waals surface area (Å²) in [7, 11) is -0.440. The topological polar surface area (TPSA) is 98.3 Å². The van der Waals surface area contributed by atoms with Crippen LogP contribution in [0.25, 0.3) is 28.2 Å². The highest BCUT2D eigenvalue weighted by Gasteiger charge is 2.34. The van der Waals surface area contributed by atoms with Crippen LogP contribution in [0, 0.1) is 0 Å². The third-order valence-electron chi connectivity index (χ3n) is 5.75. The first-order valence-corrected chi connectivity index (χ1v) is 12.1. The number of aromatic nitrogens is 6. The van der Waals surface area contributed by atoms with Crippen LogP contribution in [0.4, 0.5) is 19.0 Å². The molecule has 4 rings (SSSR count). The highest BCUT2D eigenvalue weighted by molar-refractivity contribution is 7.91. The van der Waals surface area contributed by atoms with Crippen LogP contribution in [0.5, 0.6) is 0 Å². The van der Waals surface area contributed by atoms with Crippen molar-refractivity contribution in [1.82, 2.24) is 29.1 Å². The first-order valence-electron chi connectivity index (χ1n) is 10.4. The first kappa shape index (κ1) is 23.9. The van der Waals surface area contributed by atoms with Crippen molar-refractivity contribution in [3.63, 3.8) is 0 Å². The van der Waals surface area contributed by atoms with E-state index in [2.05, 4.69) is 20.1 Å². The van der Waals surface area contributed by atoms with Crippen molar-refractivity contribution in [3.05, 3.63) is 30.1 Å². The molecule has 0 saturated carbocycles. The van der Waals surface area contributed by atoms with Crippen molar-refractivity contribution in [2.45, 2.75) is 44.4 Å². The summed E-state index contributed by atoms with van der Waals surface area (Å²) in [5, 5.41) is 4.16. The second-order valence-corrected chi connectivity index (χ2v) is 11.1. The second kappa shape index (κ2) is 7.65. The number of hydrogen-bond acceptors (Lipinski definition) is 7. The average Bonchev–Trinajstić information content (AvgIpc) is 3.29. The zero-order valence-electron chi connectivity index (χ0n) is 19.5. The summed E-state index contributed by atoms with van der Waals surface area (Å²) >= 11 is 0. The summed E-state index contributed by atoms with van der Waals surface area (Å²) in [5.41, 5.74) is -0.784. The summed E-state index contributed by atoms with van der Waals surface area (Å²) in [6.07, 6.45) is -2.33. The predicted molar refractivity (Wildman–Crippen MR) is 121 cm³/mol. The maximum atomic E-state index is 13.2. The molecular weight excluding hydrogens is 471 g/mol. The Labute approximate surface area is 194 Å². The van der Waals surface area contributed by atoms with Gasteiger partial charge >= 0.3 is 6.18 Å². The lowest BCUT2D eigenvalue weighted by atomic mass is 10.1. The summed E-state index contributed by atoms with van der Waals surface area (Å²) in [6.45, 7) is 7.46.